The molecule has 2 aromatic rings. The summed E-state index contributed by atoms with van der Waals surface area (Å²) in [7, 11) is 0. The molecule has 7 heteroatoms. The van der Waals surface area contributed by atoms with Crippen LogP contribution in [-0.4, -0.2) is 34.5 Å². The van der Waals surface area contributed by atoms with E-state index in [1.165, 1.54) is 0 Å². The lowest BCUT2D eigenvalue weighted by Crippen LogP contribution is -2.57. The van der Waals surface area contributed by atoms with Crippen molar-refractivity contribution in [1.29, 1.82) is 0 Å². The van der Waals surface area contributed by atoms with Crippen molar-refractivity contribution in [3.63, 3.8) is 0 Å². The van der Waals surface area contributed by atoms with Crippen LogP contribution in [0.4, 0.5) is 5.69 Å². The molecule has 2 aromatic carbocycles. The molecular weight excluding hydrogens is 423 g/mol. The van der Waals surface area contributed by atoms with E-state index in [1.54, 1.807) is 18.2 Å². The van der Waals surface area contributed by atoms with Crippen molar-refractivity contribution in [2.75, 3.05) is 11.9 Å². The minimum absolute atomic E-state index is 0.00247. The van der Waals surface area contributed by atoms with Crippen LogP contribution in [-0.2, 0) is 21.5 Å². The second kappa shape index (κ2) is 8.22. The molecule has 30 heavy (non-hydrogen) atoms. The highest BCUT2D eigenvalue weighted by Crippen LogP contribution is 2.47. The summed E-state index contributed by atoms with van der Waals surface area (Å²) in [6, 6.07) is 12.7. The molecule has 3 atom stereocenters. The van der Waals surface area contributed by atoms with Crippen LogP contribution < -0.4 is 5.32 Å². The summed E-state index contributed by atoms with van der Waals surface area (Å²) in [6.45, 7) is 1.96. The molecule has 0 radical (unpaired) electrons. The second-order valence-corrected chi connectivity index (χ2v) is 9.28. The number of halogens is 2. The van der Waals surface area contributed by atoms with Crippen LogP contribution in [0.1, 0.15) is 37.3 Å². The third-order valence-electron chi connectivity index (χ3n) is 6.30. The second-order valence-electron chi connectivity index (χ2n) is 8.40. The smallest absolute Gasteiger partial charge is 0.317 e. The molecule has 1 aliphatic heterocycles. The molecule has 1 saturated carbocycles. The zero-order valence-corrected chi connectivity index (χ0v) is 18.2. The first-order valence-electron chi connectivity index (χ1n) is 10.1. The number of nitrogens with zero attached hydrogens (tertiary/aromatic N) is 1. The lowest BCUT2D eigenvalue weighted by Gasteiger charge is -2.43. The standard InChI is InChI=1S/C23H24Cl2N2O3/c1-14-5-7-18(9-14)27(13-21(28)29)23(12-15-3-2-4-16(24)10-15)19-8-6-17(25)11-20(19)26-22(23)30/h2-4,6,8,10-11,14,18H,5,7,9,12-13H2,1H3,(H,26,30)(H,28,29)/t14?,18-,23?/m1/s1. The monoisotopic (exact) mass is 446 g/mol. The van der Waals surface area contributed by atoms with Gasteiger partial charge >= 0.3 is 5.97 Å². The van der Waals surface area contributed by atoms with E-state index in [9.17, 15) is 14.7 Å². The van der Waals surface area contributed by atoms with E-state index < -0.39 is 11.5 Å². The Hall–Kier alpha value is -2.08. The first kappa shape index (κ1) is 21.2. The molecule has 0 aromatic heterocycles. The van der Waals surface area contributed by atoms with Gasteiger partial charge in [0, 0.05) is 33.8 Å². The molecular formula is C23H24Cl2N2O3. The Morgan fingerprint density at radius 3 is 2.63 bits per heavy atom. The average Bonchev–Trinajstić information content (AvgIpc) is 3.21. The topological polar surface area (TPSA) is 69.6 Å². The van der Waals surface area contributed by atoms with E-state index in [-0.39, 0.29) is 18.5 Å². The molecule has 2 aliphatic rings. The number of fused-ring (bicyclic) bond motifs is 1. The summed E-state index contributed by atoms with van der Waals surface area (Å²) in [4.78, 5) is 27.4. The lowest BCUT2D eigenvalue weighted by atomic mass is 9.81. The Morgan fingerprint density at radius 2 is 1.97 bits per heavy atom. The first-order chi connectivity index (χ1) is 14.3. The number of nitrogens with one attached hydrogen (secondary N) is 1. The fraction of sp³-hybridized carbons (Fsp3) is 0.391. The van der Waals surface area contributed by atoms with Gasteiger partial charge in [-0.15, -0.1) is 0 Å². The molecule has 4 rings (SSSR count). The van der Waals surface area contributed by atoms with Crippen molar-refractivity contribution in [1.82, 2.24) is 4.90 Å². The quantitative estimate of drug-likeness (QED) is 0.657. The minimum Gasteiger partial charge on any atom is -0.480 e. The predicted molar refractivity (Wildman–Crippen MR) is 118 cm³/mol. The van der Waals surface area contributed by atoms with Crippen LogP contribution in [0.15, 0.2) is 42.5 Å². The van der Waals surface area contributed by atoms with Crippen molar-refractivity contribution < 1.29 is 14.7 Å². The summed E-state index contributed by atoms with van der Waals surface area (Å²) in [6.07, 6.45) is 3.07. The largest absolute Gasteiger partial charge is 0.480 e. The molecule has 158 valence electrons. The van der Waals surface area contributed by atoms with Crippen LogP contribution in [0.5, 0.6) is 0 Å². The molecule has 1 heterocycles. The van der Waals surface area contributed by atoms with Crippen molar-refractivity contribution in [2.24, 2.45) is 5.92 Å². The molecule has 1 amide bonds. The van der Waals surface area contributed by atoms with E-state index >= 15 is 0 Å². The number of benzene rings is 2. The number of amides is 1. The van der Waals surface area contributed by atoms with Crippen LogP contribution in [0, 0.1) is 5.92 Å². The predicted octanol–water partition coefficient (Wildman–Crippen LogP) is 4.96. The highest BCUT2D eigenvalue weighted by Gasteiger charge is 2.54. The zero-order valence-electron chi connectivity index (χ0n) is 16.7. The maximum absolute atomic E-state index is 13.6. The Morgan fingerprint density at radius 1 is 1.20 bits per heavy atom. The Labute approximate surface area is 186 Å². The number of hydrogen-bond donors (Lipinski definition) is 2. The molecule has 0 saturated heterocycles. The SMILES string of the molecule is CC1CC[C@@H](N(CC(=O)O)C2(Cc3cccc(Cl)c3)C(=O)Nc3cc(Cl)ccc32)C1. The zero-order chi connectivity index (χ0) is 21.5. The van der Waals surface area contributed by atoms with Gasteiger partial charge in [0.2, 0.25) is 5.91 Å². The summed E-state index contributed by atoms with van der Waals surface area (Å²) in [5.41, 5.74) is 1.13. The van der Waals surface area contributed by atoms with Gasteiger partial charge in [0.15, 0.2) is 0 Å². The minimum atomic E-state index is -1.14. The highest BCUT2D eigenvalue weighted by molar-refractivity contribution is 6.31. The number of carboxylic acid groups (broad SMARTS) is 1. The third-order valence-corrected chi connectivity index (χ3v) is 6.77. The maximum atomic E-state index is 13.6. The summed E-state index contributed by atoms with van der Waals surface area (Å²) in [5, 5.41) is 13.8. The van der Waals surface area contributed by atoms with Gasteiger partial charge in [-0.3, -0.25) is 14.5 Å². The van der Waals surface area contributed by atoms with E-state index in [0.717, 1.165) is 30.4 Å². The van der Waals surface area contributed by atoms with Crippen LogP contribution in [0.2, 0.25) is 10.0 Å². The Bertz CT molecular complexity index is 996. The van der Waals surface area contributed by atoms with E-state index in [0.29, 0.717) is 28.1 Å². The number of carboxylic acids is 1. The van der Waals surface area contributed by atoms with Gasteiger partial charge in [0.05, 0.1) is 6.54 Å². The van der Waals surface area contributed by atoms with E-state index in [4.69, 9.17) is 23.2 Å². The van der Waals surface area contributed by atoms with Crippen molar-refractivity contribution in [3.8, 4) is 0 Å². The fourth-order valence-electron chi connectivity index (χ4n) is 5.01. The fourth-order valence-corrected chi connectivity index (χ4v) is 5.40. The van der Waals surface area contributed by atoms with Gasteiger partial charge in [-0.2, -0.15) is 0 Å². The Balaban J connectivity index is 1.88. The van der Waals surface area contributed by atoms with Gasteiger partial charge in [-0.25, -0.2) is 0 Å². The molecule has 0 bridgehead atoms. The van der Waals surface area contributed by atoms with Crippen LogP contribution in [0.3, 0.4) is 0 Å². The highest BCUT2D eigenvalue weighted by atomic mass is 35.5. The summed E-state index contributed by atoms with van der Waals surface area (Å²) < 4.78 is 0. The number of carbonyl (C=O) groups is 2. The van der Waals surface area contributed by atoms with Crippen molar-refractivity contribution in [3.05, 3.63) is 63.6 Å². The van der Waals surface area contributed by atoms with E-state index in [2.05, 4.69) is 12.2 Å². The number of rotatable bonds is 6. The molecule has 1 fully saturated rings. The average molecular weight is 447 g/mol. The van der Waals surface area contributed by atoms with Gasteiger partial charge in [0.1, 0.15) is 5.54 Å². The van der Waals surface area contributed by atoms with Gasteiger partial charge in [-0.05, 0) is 55.0 Å². The van der Waals surface area contributed by atoms with Crippen LogP contribution >= 0.6 is 23.2 Å². The summed E-state index contributed by atoms with van der Waals surface area (Å²) >= 11 is 12.4. The van der Waals surface area contributed by atoms with Crippen molar-refractivity contribution in [2.45, 2.75) is 44.2 Å². The molecule has 0 spiro atoms. The number of hydrogen-bond acceptors (Lipinski definition) is 3. The molecule has 1 aliphatic carbocycles. The van der Waals surface area contributed by atoms with Crippen molar-refractivity contribution >= 4 is 40.8 Å². The van der Waals surface area contributed by atoms with Gasteiger partial charge in [0.25, 0.3) is 0 Å². The normalized spacial score (nSPS) is 25.4. The maximum Gasteiger partial charge on any atom is 0.317 e. The number of anilines is 1. The number of aliphatic carboxylic acids is 1. The first-order valence-corrected chi connectivity index (χ1v) is 10.9. The van der Waals surface area contributed by atoms with Gasteiger partial charge < -0.3 is 10.4 Å². The Kier molecular flexibility index (Phi) is 5.80. The molecule has 2 unspecified atom stereocenters. The molecule has 2 N–H and O–H groups in total. The summed E-state index contributed by atoms with van der Waals surface area (Å²) in [5.74, 6) is -0.681. The third kappa shape index (κ3) is 3.82. The van der Waals surface area contributed by atoms with Gasteiger partial charge in [-0.1, -0.05) is 48.3 Å². The number of carbonyl (C=O) groups excluding carboxylic acids is 1. The molecule has 5 nitrogen and oxygen atoms in total. The van der Waals surface area contributed by atoms with Crippen LogP contribution in [0.25, 0.3) is 0 Å². The van der Waals surface area contributed by atoms with E-state index in [1.807, 2.05) is 29.2 Å². The lowest BCUT2D eigenvalue weighted by molar-refractivity contribution is -0.144.